The zero-order chi connectivity index (χ0) is 14.0. The van der Waals surface area contributed by atoms with Crippen molar-refractivity contribution in [2.24, 2.45) is 5.41 Å². The molecule has 1 aliphatic heterocycles. The summed E-state index contributed by atoms with van der Waals surface area (Å²) in [5.41, 5.74) is 0.554. The maximum atomic E-state index is 12.6. The second-order valence-corrected chi connectivity index (χ2v) is 6.48. The van der Waals surface area contributed by atoms with E-state index >= 15 is 0 Å². The molecule has 4 heteroatoms. The summed E-state index contributed by atoms with van der Waals surface area (Å²) in [6.45, 7) is 8.65. The molecule has 1 amide bonds. The standard InChI is InChI=1S/C15H24N2O2/c1-11-10-12(16-19-11)13-8-6-5-7-9-17(13)14(18)15(2,3)4/h10,13H,5-9H2,1-4H3/t13-/m1/s1. The van der Waals surface area contributed by atoms with Gasteiger partial charge in [0.2, 0.25) is 5.91 Å². The van der Waals surface area contributed by atoms with E-state index in [2.05, 4.69) is 5.16 Å². The highest BCUT2D eigenvalue weighted by Crippen LogP contribution is 2.33. The Kier molecular flexibility index (Phi) is 3.97. The number of amides is 1. The summed E-state index contributed by atoms with van der Waals surface area (Å²) < 4.78 is 5.18. The lowest BCUT2D eigenvalue weighted by Gasteiger charge is -2.33. The molecule has 0 radical (unpaired) electrons. The van der Waals surface area contributed by atoms with Gasteiger partial charge < -0.3 is 9.42 Å². The van der Waals surface area contributed by atoms with Crippen LogP contribution in [0.15, 0.2) is 10.6 Å². The summed E-state index contributed by atoms with van der Waals surface area (Å²) in [5.74, 6) is 1.02. The van der Waals surface area contributed by atoms with Gasteiger partial charge in [0, 0.05) is 18.0 Å². The van der Waals surface area contributed by atoms with E-state index < -0.39 is 0 Å². The highest BCUT2D eigenvalue weighted by molar-refractivity contribution is 5.82. The minimum Gasteiger partial charge on any atom is -0.361 e. The van der Waals surface area contributed by atoms with Crippen LogP contribution >= 0.6 is 0 Å². The lowest BCUT2D eigenvalue weighted by atomic mass is 9.93. The van der Waals surface area contributed by atoms with Crippen molar-refractivity contribution in [3.8, 4) is 0 Å². The summed E-state index contributed by atoms with van der Waals surface area (Å²) in [7, 11) is 0. The van der Waals surface area contributed by atoms with Gasteiger partial charge in [-0.25, -0.2) is 0 Å². The topological polar surface area (TPSA) is 46.3 Å². The summed E-state index contributed by atoms with van der Waals surface area (Å²) in [5, 5.41) is 4.13. The Morgan fingerprint density at radius 2 is 2.11 bits per heavy atom. The van der Waals surface area contributed by atoms with E-state index in [1.54, 1.807) is 0 Å². The molecule has 1 saturated heterocycles. The second kappa shape index (κ2) is 5.35. The number of carbonyl (C=O) groups is 1. The minimum absolute atomic E-state index is 0.0756. The third-order valence-corrected chi connectivity index (χ3v) is 3.64. The number of nitrogens with zero attached hydrogens (tertiary/aromatic N) is 2. The largest absolute Gasteiger partial charge is 0.361 e. The molecule has 1 fully saturated rings. The van der Waals surface area contributed by atoms with Crippen LogP contribution in [-0.2, 0) is 4.79 Å². The molecule has 4 nitrogen and oxygen atoms in total. The van der Waals surface area contributed by atoms with Gasteiger partial charge in [0.1, 0.15) is 11.5 Å². The fraction of sp³-hybridized carbons (Fsp3) is 0.733. The summed E-state index contributed by atoms with van der Waals surface area (Å²) >= 11 is 0. The van der Waals surface area contributed by atoms with Gasteiger partial charge >= 0.3 is 0 Å². The lowest BCUT2D eigenvalue weighted by molar-refractivity contribution is -0.142. The van der Waals surface area contributed by atoms with Crippen LogP contribution in [0.3, 0.4) is 0 Å². The first-order chi connectivity index (χ1) is 8.89. The normalized spacial score (nSPS) is 21.3. The van der Waals surface area contributed by atoms with Crippen molar-refractivity contribution in [3.05, 3.63) is 17.5 Å². The van der Waals surface area contributed by atoms with Crippen LogP contribution in [0.25, 0.3) is 0 Å². The predicted molar refractivity (Wildman–Crippen MR) is 73.6 cm³/mol. The van der Waals surface area contributed by atoms with Gasteiger partial charge in [-0.05, 0) is 19.8 Å². The third-order valence-electron chi connectivity index (χ3n) is 3.64. The molecule has 0 saturated carbocycles. The molecule has 106 valence electrons. The predicted octanol–water partition coefficient (Wildman–Crippen LogP) is 3.47. The number of likely N-dealkylation sites (tertiary alicyclic amines) is 1. The van der Waals surface area contributed by atoms with Crippen molar-refractivity contribution < 1.29 is 9.32 Å². The fourth-order valence-corrected chi connectivity index (χ4v) is 2.63. The zero-order valence-electron chi connectivity index (χ0n) is 12.4. The van der Waals surface area contributed by atoms with Crippen LogP contribution in [0, 0.1) is 12.3 Å². The molecule has 2 rings (SSSR count). The molecule has 0 spiro atoms. The molecular formula is C15H24N2O2. The quantitative estimate of drug-likeness (QED) is 0.780. The Hall–Kier alpha value is -1.32. The average molecular weight is 264 g/mol. The maximum absolute atomic E-state index is 12.6. The van der Waals surface area contributed by atoms with E-state index in [4.69, 9.17) is 4.52 Å². The Morgan fingerprint density at radius 3 is 2.68 bits per heavy atom. The molecule has 0 bridgehead atoms. The molecule has 1 aromatic rings. The van der Waals surface area contributed by atoms with E-state index in [1.807, 2.05) is 38.7 Å². The Bertz CT molecular complexity index is 445. The van der Waals surface area contributed by atoms with Crippen LogP contribution < -0.4 is 0 Å². The van der Waals surface area contributed by atoms with Gasteiger partial charge in [0.05, 0.1) is 6.04 Å². The van der Waals surface area contributed by atoms with Gasteiger partial charge in [0.25, 0.3) is 0 Å². The highest BCUT2D eigenvalue weighted by atomic mass is 16.5. The van der Waals surface area contributed by atoms with Gasteiger partial charge in [-0.2, -0.15) is 0 Å². The Labute approximate surface area is 115 Å². The van der Waals surface area contributed by atoms with Gasteiger partial charge in [-0.1, -0.05) is 38.8 Å². The van der Waals surface area contributed by atoms with Crippen molar-refractivity contribution >= 4 is 5.91 Å². The maximum Gasteiger partial charge on any atom is 0.228 e. The summed E-state index contributed by atoms with van der Waals surface area (Å²) in [6.07, 6.45) is 4.38. The number of aryl methyl sites for hydroxylation is 1. The number of rotatable bonds is 1. The molecule has 1 atom stereocenters. The van der Waals surface area contributed by atoms with Gasteiger partial charge in [0.15, 0.2) is 0 Å². The first-order valence-corrected chi connectivity index (χ1v) is 7.14. The number of aromatic nitrogens is 1. The van der Waals surface area contributed by atoms with E-state index in [-0.39, 0.29) is 17.4 Å². The molecule has 0 unspecified atom stereocenters. The molecule has 1 aliphatic rings. The first-order valence-electron chi connectivity index (χ1n) is 7.14. The molecule has 2 heterocycles. The van der Waals surface area contributed by atoms with E-state index in [0.29, 0.717) is 0 Å². The lowest BCUT2D eigenvalue weighted by Crippen LogP contribution is -2.41. The van der Waals surface area contributed by atoms with Crippen molar-refractivity contribution in [2.75, 3.05) is 6.54 Å². The van der Waals surface area contributed by atoms with Crippen LogP contribution in [0.2, 0.25) is 0 Å². The fourth-order valence-electron chi connectivity index (χ4n) is 2.63. The van der Waals surface area contributed by atoms with Crippen LogP contribution in [-0.4, -0.2) is 22.5 Å². The molecule has 19 heavy (non-hydrogen) atoms. The average Bonchev–Trinajstić information content (AvgIpc) is 2.62. The Balaban J connectivity index is 2.28. The van der Waals surface area contributed by atoms with Crippen LogP contribution in [0.5, 0.6) is 0 Å². The van der Waals surface area contributed by atoms with Crippen molar-refractivity contribution in [3.63, 3.8) is 0 Å². The first kappa shape index (κ1) is 14.1. The number of hydrogen-bond acceptors (Lipinski definition) is 3. The van der Waals surface area contributed by atoms with Crippen molar-refractivity contribution in [1.82, 2.24) is 10.1 Å². The SMILES string of the molecule is Cc1cc([C@H]2CCCCCN2C(=O)C(C)(C)C)no1. The second-order valence-electron chi connectivity index (χ2n) is 6.48. The highest BCUT2D eigenvalue weighted by Gasteiger charge is 2.34. The molecule has 0 aromatic carbocycles. The monoisotopic (exact) mass is 264 g/mol. The van der Waals surface area contributed by atoms with Crippen LogP contribution in [0.4, 0.5) is 0 Å². The van der Waals surface area contributed by atoms with E-state index in [0.717, 1.165) is 37.3 Å². The number of carbonyl (C=O) groups excluding carboxylic acids is 1. The van der Waals surface area contributed by atoms with Crippen LogP contribution in [0.1, 0.15) is 64.0 Å². The zero-order valence-corrected chi connectivity index (χ0v) is 12.4. The van der Waals surface area contributed by atoms with Crippen molar-refractivity contribution in [2.45, 2.75) is 59.4 Å². The number of hydrogen-bond donors (Lipinski definition) is 0. The summed E-state index contributed by atoms with van der Waals surface area (Å²) in [4.78, 5) is 14.6. The van der Waals surface area contributed by atoms with E-state index in [1.165, 1.54) is 6.42 Å². The summed E-state index contributed by atoms with van der Waals surface area (Å²) in [6, 6.07) is 2.03. The van der Waals surface area contributed by atoms with E-state index in [9.17, 15) is 4.79 Å². The third kappa shape index (κ3) is 3.17. The Morgan fingerprint density at radius 1 is 1.37 bits per heavy atom. The molecule has 1 aromatic heterocycles. The van der Waals surface area contributed by atoms with Gasteiger partial charge in [-0.3, -0.25) is 4.79 Å². The van der Waals surface area contributed by atoms with Gasteiger partial charge in [-0.15, -0.1) is 0 Å². The smallest absolute Gasteiger partial charge is 0.228 e. The minimum atomic E-state index is -0.346. The molecular weight excluding hydrogens is 240 g/mol. The molecule has 0 aliphatic carbocycles. The molecule has 0 N–H and O–H groups in total. The van der Waals surface area contributed by atoms with Crippen molar-refractivity contribution in [1.29, 1.82) is 0 Å².